The first kappa shape index (κ1) is 15.0. The van der Waals surface area contributed by atoms with Crippen molar-refractivity contribution in [2.24, 2.45) is 10.8 Å². The van der Waals surface area contributed by atoms with E-state index in [4.69, 9.17) is 9.47 Å². The van der Waals surface area contributed by atoms with E-state index in [1.807, 2.05) is 20.8 Å². The molecule has 0 saturated heterocycles. The van der Waals surface area contributed by atoms with Crippen molar-refractivity contribution in [1.29, 1.82) is 0 Å². The molecule has 1 N–H and O–H groups in total. The first-order valence-electron chi connectivity index (χ1n) is 8.37. The van der Waals surface area contributed by atoms with Gasteiger partial charge in [0.2, 0.25) is 5.88 Å². The van der Waals surface area contributed by atoms with E-state index in [9.17, 15) is 9.90 Å². The molecule has 23 heavy (non-hydrogen) atoms. The van der Waals surface area contributed by atoms with Gasteiger partial charge in [0.05, 0.1) is 12.2 Å². The molecule has 1 heterocycles. The molecule has 6 heteroatoms. The minimum absolute atomic E-state index is 0.221. The first-order valence-corrected chi connectivity index (χ1v) is 8.37. The third-order valence-corrected chi connectivity index (χ3v) is 5.80. The zero-order chi connectivity index (χ0) is 16.5. The minimum Gasteiger partial charge on any atom is -0.476 e. The molecule has 1 aromatic rings. The molecule has 0 aromatic carbocycles. The van der Waals surface area contributed by atoms with E-state index in [0.717, 1.165) is 30.4 Å². The largest absolute Gasteiger partial charge is 0.476 e. The van der Waals surface area contributed by atoms with Crippen molar-refractivity contribution in [3.8, 4) is 5.88 Å². The van der Waals surface area contributed by atoms with E-state index in [0.29, 0.717) is 18.9 Å². The van der Waals surface area contributed by atoms with Crippen LogP contribution in [-0.2, 0) is 4.74 Å². The lowest BCUT2D eigenvalue weighted by Gasteiger charge is -2.18. The van der Waals surface area contributed by atoms with E-state index in [2.05, 4.69) is 5.10 Å². The van der Waals surface area contributed by atoms with Crippen LogP contribution in [-0.4, -0.2) is 38.8 Å². The molecule has 2 spiro atoms. The van der Waals surface area contributed by atoms with Gasteiger partial charge in [0.15, 0.2) is 0 Å². The van der Waals surface area contributed by atoms with Crippen LogP contribution in [0, 0.1) is 10.8 Å². The van der Waals surface area contributed by atoms with Crippen LogP contribution in [0.2, 0.25) is 0 Å². The first-order chi connectivity index (χ1) is 10.7. The van der Waals surface area contributed by atoms with Crippen molar-refractivity contribution in [3.05, 3.63) is 12.3 Å². The van der Waals surface area contributed by atoms with Crippen LogP contribution in [0.4, 0.5) is 4.79 Å². The Kier molecular flexibility index (Phi) is 2.80. The van der Waals surface area contributed by atoms with Crippen molar-refractivity contribution in [2.45, 2.75) is 64.1 Å². The lowest BCUT2D eigenvalue weighted by molar-refractivity contribution is 0.0508. The Bertz CT molecular complexity index is 632. The molecule has 3 fully saturated rings. The molecular formula is C17H24N2O4. The number of nitrogens with zero attached hydrogens (tertiary/aromatic N) is 2. The van der Waals surface area contributed by atoms with E-state index in [1.165, 1.54) is 6.20 Å². The Balaban J connectivity index is 1.30. The third kappa shape index (κ3) is 2.04. The van der Waals surface area contributed by atoms with Gasteiger partial charge in [-0.25, -0.2) is 4.79 Å². The molecule has 0 aliphatic heterocycles. The quantitative estimate of drug-likeness (QED) is 0.923. The van der Waals surface area contributed by atoms with Crippen LogP contribution >= 0.6 is 0 Å². The average Bonchev–Trinajstić information content (AvgIpc) is 3.35. The maximum absolute atomic E-state index is 11.9. The van der Waals surface area contributed by atoms with Gasteiger partial charge in [-0.05, 0) is 46.5 Å². The number of carbonyl (C=O) groups is 1. The summed E-state index contributed by atoms with van der Waals surface area (Å²) >= 11 is 0. The van der Waals surface area contributed by atoms with E-state index >= 15 is 0 Å². The van der Waals surface area contributed by atoms with Gasteiger partial charge in [0.25, 0.3) is 0 Å². The summed E-state index contributed by atoms with van der Waals surface area (Å²) in [7, 11) is 0. The van der Waals surface area contributed by atoms with Gasteiger partial charge in [-0.3, -0.25) is 0 Å². The highest BCUT2D eigenvalue weighted by molar-refractivity contribution is 5.69. The summed E-state index contributed by atoms with van der Waals surface area (Å²) in [4.78, 5) is 11.9. The SMILES string of the molecule is CC(C)(C)OC(=O)n1ccc(OCCC2(O)C3(CC3)C23CC3)n1. The molecule has 3 aliphatic carbocycles. The zero-order valence-corrected chi connectivity index (χ0v) is 14.0. The summed E-state index contributed by atoms with van der Waals surface area (Å²) in [5.41, 5.74) is -0.636. The minimum atomic E-state index is -0.559. The highest BCUT2D eigenvalue weighted by Gasteiger charge is 2.94. The van der Waals surface area contributed by atoms with E-state index in [-0.39, 0.29) is 10.8 Å². The molecular weight excluding hydrogens is 296 g/mol. The predicted molar refractivity (Wildman–Crippen MR) is 82.3 cm³/mol. The fourth-order valence-corrected chi connectivity index (χ4v) is 4.52. The molecule has 0 unspecified atom stereocenters. The van der Waals surface area contributed by atoms with Crippen molar-refractivity contribution in [1.82, 2.24) is 9.78 Å². The molecule has 3 saturated carbocycles. The van der Waals surface area contributed by atoms with Gasteiger partial charge in [-0.1, -0.05) is 0 Å². The van der Waals surface area contributed by atoms with Crippen molar-refractivity contribution < 1.29 is 19.4 Å². The lowest BCUT2D eigenvalue weighted by atomic mass is 10.1. The van der Waals surface area contributed by atoms with Crippen LogP contribution in [0.15, 0.2) is 12.3 Å². The zero-order valence-electron chi connectivity index (χ0n) is 14.0. The average molecular weight is 320 g/mol. The number of hydrogen-bond acceptors (Lipinski definition) is 5. The van der Waals surface area contributed by atoms with Gasteiger partial charge >= 0.3 is 6.09 Å². The van der Waals surface area contributed by atoms with Gasteiger partial charge in [0.1, 0.15) is 5.60 Å². The van der Waals surface area contributed by atoms with Gasteiger partial charge < -0.3 is 14.6 Å². The fourth-order valence-electron chi connectivity index (χ4n) is 4.52. The molecule has 4 rings (SSSR count). The topological polar surface area (TPSA) is 73.6 Å². The van der Waals surface area contributed by atoms with Crippen molar-refractivity contribution in [2.75, 3.05) is 6.61 Å². The van der Waals surface area contributed by atoms with E-state index < -0.39 is 17.3 Å². The number of aromatic nitrogens is 2. The standard InChI is InChI=1S/C17H24N2O4/c1-14(2,3)23-13(20)19-10-4-12(18-19)22-11-9-17(21)15(5-6-15)16(17)7-8-16/h4,10,21H,5-9,11H2,1-3H3. The van der Waals surface area contributed by atoms with Crippen LogP contribution in [0.1, 0.15) is 52.9 Å². The molecule has 0 bridgehead atoms. The second kappa shape index (κ2) is 4.29. The summed E-state index contributed by atoms with van der Waals surface area (Å²) in [6, 6.07) is 1.64. The maximum Gasteiger partial charge on any atom is 0.435 e. The van der Waals surface area contributed by atoms with Crippen molar-refractivity contribution >= 4 is 6.09 Å². The molecule has 1 aromatic heterocycles. The molecule has 0 amide bonds. The summed E-state index contributed by atoms with van der Waals surface area (Å²) < 4.78 is 12.0. The number of aliphatic hydroxyl groups is 1. The second-order valence-electron chi connectivity index (χ2n) is 8.20. The molecule has 126 valence electrons. The summed E-state index contributed by atoms with van der Waals surface area (Å²) in [5, 5.41) is 14.9. The molecule has 0 radical (unpaired) electrons. The lowest BCUT2D eigenvalue weighted by Crippen LogP contribution is -2.27. The Morgan fingerprint density at radius 2 is 1.91 bits per heavy atom. The molecule has 0 atom stereocenters. The highest BCUT2D eigenvalue weighted by atomic mass is 16.6. The van der Waals surface area contributed by atoms with Crippen LogP contribution in [0.5, 0.6) is 5.88 Å². The normalized spacial score (nSPS) is 24.5. The van der Waals surface area contributed by atoms with Crippen molar-refractivity contribution in [3.63, 3.8) is 0 Å². The van der Waals surface area contributed by atoms with E-state index in [1.54, 1.807) is 6.07 Å². The summed E-state index contributed by atoms with van der Waals surface area (Å²) in [6.45, 7) is 5.85. The monoisotopic (exact) mass is 320 g/mol. The van der Waals surface area contributed by atoms with Crippen LogP contribution in [0.3, 0.4) is 0 Å². The molecule has 3 aliphatic rings. The van der Waals surface area contributed by atoms with Gasteiger partial charge in [-0.15, -0.1) is 5.10 Å². The van der Waals surface area contributed by atoms with Crippen LogP contribution in [0.25, 0.3) is 0 Å². The number of rotatable bonds is 4. The summed E-state index contributed by atoms with van der Waals surface area (Å²) in [6.07, 6.45) is 6.30. The summed E-state index contributed by atoms with van der Waals surface area (Å²) in [5.74, 6) is 0.384. The maximum atomic E-state index is 11.9. The van der Waals surface area contributed by atoms with Gasteiger partial charge in [-0.2, -0.15) is 4.68 Å². The Hall–Kier alpha value is -1.56. The fraction of sp³-hybridized carbons (Fsp3) is 0.765. The number of hydrogen-bond donors (Lipinski definition) is 1. The van der Waals surface area contributed by atoms with Crippen LogP contribution < -0.4 is 4.74 Å². The number of fused-ring (bicyclic) bond motifs is 1. The molecule has 6 nitrogen and oxygen atoms in total. The Labute approximate surface area is 135 Å². The number of carbonyl (C=O) groups excluding carboxylic acids is 1. The third-order valence-electron chi connectivity index (χ3n) is 5.80. The predicted octanol–water partition coefficient (Wildman–Crippen LogP) is 2.74. The number of ether oxygens (including phenoxy) is 2. The highest BCUT2D eigenvalue weighted by Crippen LogP contribution is 2.94. The second-order valence-corrected chi connectivity index (χ2v) is 8.20. The van der Waals surface area contributed by atoms with Gasteiger partial charge in [0, 0.05) is 29.5 Å². The smallest absolute Gasteiger partial charge is 0.435 e. The Morgan fingerprint density at radius 1 is 1.30 bits per heavy atom. The Morgan fingerprint density at radius 3 is 2.43 bits per heavy atom.